The molecule has 0 heterocycles. The summed E-state index contributed by atoms with van der Waals surface area (Å²) in [5.74, 6) is 0. The Balaban J connectivity index is 2.60. The van der Waals surface area contributed by atoms with E-state index in [-0.39, 0.29) is 0 Å². The molecule has 0 aliphatic heterocycles. The van der Waals surface area contributed by atoms with Crippen LogP contribution in [0.5, 0.6) is 0 Å². The number of hydrogen-bond donors (Lipinski definition) is 3. The van der Waals surface area contributed by atoms with Gasteiger partial charge in [-0.25, -0.2) is 0 Å². The molecule has 80 valence electrons. The Morgan fingerprint density at radius 2 is 2.07 bits per heavy atom. The summed E-state index contributed by atoms with van der Waals surface area (Å²) in [5.41, 5.74) is 8.08. The summed E-state index contributed by atoms with van der Waals surface area (Å²) in [6, 6.07) is 5.93. The van der Waals surface area contributed by atoms with E-state index in [0.717, 1.165) is 5.69 Å². The first-order chi connectivity index (χ1) is 7.13. The highest BCUT2D eigenvalue weighted by molar-refractivity contribution is 7.80. The van der Waals surface area contributed by atoms with Crippen LogP contribution in [-0.2, 0) is 4.79 Å². The van der Waals surface area contributed by atoms with Crippen LogP contribution < -0.4 is 16.2 Å². The molecule has 5 heteroatoms. The first-order valence-electron chi connectivity index (χ1n) is 4.47. The van der Waals surface area contributed by atoms with Crippen molar-refractivity contribution >= 4 is 29.4 Å². The quantitative estimate of drug-likeness (QED) is 0.410. The van der Waals surface area contributed by atoms with Gasteiger partial charge in [0.25, 0.3) is 0 Å². The fraction of sp³-hybridized carbons (Fsp3) is 0.200. The number of anilines is 1. The van der Waals surface area contributed by atoms with Gasteiger partial charge < -0.3 is 5.32 Å². The van der Waals surface area contributed by atoms with Crippen molar-refractivity contribution in [1.82, 2.24) is 10.9 Å². The first kappa shape index (κ1) is 11.5. The Morgan fingerprint density at radius 1 is 1.33 bits per heavy atom. The van der Waals surface area contributed by atoms with E-state index in [2.05, 4.69) is 16.2 Å². The monoisotopic (exact) mass is 223 g/mol. The smallest absolute Gasteiger partial charge is 0.225 e. The van der Waals surface area contributed by atoms with Crippen LogP contribution in [0.4, 0.5) is 5.69 Å². The lowest BCUT2D eigenvalue weighted by Gasteiger charge is -2.10. The van der Waals surface area contributed by atoms with Gasteiger partial charge in [0.15, 0.2) is 5.11 Å². The Kier molecular flexibility index (Phi) is 4.05. The summed E-state index contributed by atoms with van der Waals surface area (Å²) in [4.78, 5) is 10.00. The molecular formula is C10H13N3OS. The minimum absolute atomic E-state index is 0.352. The molecule has 0 aromatic heterocycles. The van der Waals surface area contributed by atoms with Crippen molar-refractivity contribution in [2.75, 3.05) is 5.32 Å². The number of benzene rings is 1. The minimum Gasteiger partial charge on any atom is -0.331 e. The topological polar surface area (TPSA) is 53.2 Å². The van der Waals surface area contributed by atoms with Gasteiger partial charge in [-0.05, 0) is 49.3 Å². The zero-order chi connectivity index (χ0) is 11.3. The van der Waals surface area contributed by atoms with Gasteiger partial charge in [-0.1, -0.05) is 6.07 Å². The van der Waals surface area contributed by atoms with Gasteiger partial charge in [-0.2, -0.15) is 0 Å². The van der Waals surface area contributed by atoms with E-state index in [4.69, 9.17) is 12.2 Å². The molecule has 0 bridgehead atoms. The molecule has 1 aromatic carbocycles. The van der Waals surface area contributed by atoms with Crippen molar-refractivity contribution in [3.05, 3.63) is 29.3 Å². The lowest BCUT2D eigenvalue weighted by atomic mass is 10.1. The number of nitrogens with one attached hydrogen (secondary N) is 3. The number of carbonyl (C=O) groups excluding carboxylic acids is 1. The molecule has 3 N–H and O–H groups in total. The SMILES string of the molecule is Cc1ccc(NC(=S)NNC=O)cc1C. The van der Waals surface area contributed by atoms with Gasteiger partial charge >= 0.3 is 0 Å². The van der Waals surface area contributed by atoms with Crippen molar-refractivity contribution in [2.24, 2.45) is 0 Å². The first-order valence-corrected chi connectivity index (χ1v) is 4.87. The summed E-state index contributed by atoms with van der Waals surface area (Å²) in [6.07, 6.45) is 0.522. The number of hydrogen-bond acceptors (Lipinski definition) is 2. The van der Waals surface area contributed by atoms with E-state index in [1.807, 2.05) is 32.0 Å². The van der Waals surface area contributed by atoms with Crippen LogP contribution in [0.3, 0.4) is 0 Å². The van der Waals surface area contributed by atoms with Crippen LogP contribution in [0.2, 0.25) is 0 Å². The molecule has 1 rings (SSSR count). The number of rotatable bonds is 3. The van der Waals surface area contributed by atoms with Gasteiger partial charge in [-0.3, -0.25) is 15.6 Å². The molecule has 1 amide bonds. The van der Waals surface area contributed by atoms with Crippen LogP contribution >= 0.6 is 12.2 Å². The van der Waals surface area contributed by atoms with Gasteiger partial charge in [0.05, 0.1) is 0 Å². The van der Waals surface area contributed by atoms with E-state index in [9.17, 15) is 4.79 Å². The van der Waals surface area contributed by atoms with E-state index in [0.29, 0.717) is 11.5 Å². The Morgan fingerprint density at radius 3 is 2.67 bits per heavy atom. The third-order valence-electron chi connectivity index (χ3n) is 2.01. The van der Waals surface area contributed by atoms with E-state index >= 15 is 0 Å². The van der Waals surface area contributed by atoms with Crippen LogP contribution in [0.25, 0.3) is 0 Å². The van der Waals surface area contributed by atoms with Gasteiger partial charge in [-0.15, -0.1) is 0 Å². The summed E-state index contributed by atoms with van der Waals surface area (Å²) in [7, 11) is 0. The third kappa shape index (κ3) is 3.55. The van der Waals surface area contributed by atoms with Crippen LogP contribution in [0.15, 0.2) is 18.2 Å². The molecule has 1 aromatic rings. The molecule has 0 aliphatic rings. The summed E-state index contributed by atoms with van der Waals surface area (Å²) < 4.78 is 0. The van der Waals surface area contributed by atoms with E-state index in [1.54, 1.807) is 0 Å². The lowest BCUT2D eigenvalue weighted by Crippen LogP contribution is -2.39. The molecule has 0 saturated heterocycles. The fourth-order valence-electron chi connectivity index (χ4n) is 1.08. The minimum atomic E-state index is 0.352. The number of thiocarbonyl (C=S) groups is 1. The van der Waals surface area contributed by atoms with Crippen LogP contribution in [-0.4, -0.2) is 11.5 Å². The summed E-state index contributed by atoms with van der Waals surface area (Å²) in [5, 5.41) is 3.30. The average Bonchev–Trinajstić information content (AvgIpc) is 2.20. The normalized spacial score (nSPS) is 9.20. The zero-order valence-electron chi connectivity index (χ0n) is 8.63. The van der Waals surface area contributed by atoms with Gasteiger partial charge in [0.2, 0.25) is 6.41 Å². The Labute approximate surface area is 94.0 Å². The maximum atomic E-state index is 10.00. The highest BCUT2D eigenvalue weighted by atomic mass is 32.1. The van der Waals surface area contributed by atoms with Crippen LogP contribution in [0, 0.1) is 13.8 Å². The highest BCUT2D eigenvalue weighted by Gasteiger charge is 1.98. The number of hydrazine groups is 1. The highest BCUT2D eigenvalue weighted by Crippen LogP contribution is 2.13. The van der Waals surface area contributed by atoms with Crippen molar-refractivity contribution in [1.29, 1.82) is 0 Å². The Hall–Kier alpha value is -1.62. The van der Waals surface area contributed by atoms with E-state index < -0.39 is 0 Å². The van der Waals surface area contributed by atoms with Gasteiger partial charge in [0, 0.05) is 5.69 Å². The molecule has 0 atom stereocenters. The standard InChI is InChI=1S/C10H13N3OS/c1-7-3-4-9(5-8(7)2)12-10(15)13-11-6-14/h3-6H,1-2H3,(H,11,14)(H2,12,13,15). The maximum Gasteiger partial charge on any atom is 0.225 e. The zero-order valence-corrected chi connectivity index (χ0v) is 9.44. The largest absolute Gasteiger partial charge is 0.331 e. The molecule has 15 heavy (non-hydrogen) atoms. The van der Waals surface area contributed by atoms with Crippen molar-refractivity contribution in [3.63, 3.8) is 0 Å². The van der Waals surface area contributed by atoms with E-state index in [1.165, 1.54) is 11.1 Å². The fourth-order valence-corrected chi connectivity index (χ4v) is 1.25. The molecule has 0 fully saturated rings. The predicted molar refractivity (Wildman–Crippen MR) is 64.5 cm³/mol. The summed E-state index contributed by atoms with van der Waals surface area (Å²) >= 11 is 4.93. The Bertz CT molecular complexity index is 379. The second-order valence-corrected chi connectivity index (χ2v) is 3.55. The predicted octanol–water partition coefficient (Wildman–Crippen LogP) is 1.25. The molecule has 0 aliphatic carbocycles. The lowest BCUT2D eigenvalue weighted by molar-refractivity contribution is -0.110. The number of aryl methyl sites for hydroxylation is 2. The van der Waals surface area contributed by atoms with Crippen molar-refractivity contribution in [3.8, 4) is 0 Å². The average molecular weight is 223 g/mol. The molecule has 0 radical (unpaired) electrons. The maximum absolute atomic E-state index is 10.00. The van der Waals surface area contributed by atoms with Crippen molar-refractivity contribution in [2.45, 2.75) is 13.8 Å². The summed E-state index contributed by atoms with van der Waals surface area (Å²) in [6.45, 7) is 4.07. The van der Waals surface area contributed by atoms with Gasteiger partial charge in [0.1, 0.15) is 0 Å². The molecule has 4 nitrogen and oxygen atoms in total. The van der Waals surface area contributed by atoms with Crippen molar-refractivity contribution < 1.29 is 4.79 Å². The molecule has 0 saturated carbocycles. The second-order valence-electron chi connectivity index (χ2n) is 3.14. The number of amides is 1. The third-order valence-corrected chi connectivity index (χ3v) is 2.21. The molecule has 0 spiro atoms. The second kappa shape index (κ2) is 5.31. The molecular weight excluding hydrogens is 210 g/mol. The number of carbonyl (C=O) groups is 1. The van der Waals surface area contributed by atoms with Crippen LogP contribution in [0.1, 0.15) is 11.1 Å². The molecule has 0 unspecified atom stereocenters.